The van der Waals surface area contributed by atoms with Crippen LogP contribution < -0.4 is 0 Å². The number of aliphatic hydroxyl groups excluding tert-OH is 1. The Morgan fingerprint density at radius 3 is 2.50 bits per heavy atom. The molecule has 0 aliphatic heterocycles. The van der Waals surface area contributed by atoms with Crippen LogP contribution in [0.3, 0.4) is 0 Å². The van der Waals surface area contributed by atoms with Gasteiger partial charge in [0.1, 0.15) is 12.7 Å². The molecule has 0 aromatic carbocycles. The van der Waals surface area contributed by atoms with E-state index in [0.29, 0.717) is 18.1 Å². The van der Waals surface area contributed by atoms with Crippen molar-refractivity contribution in [1.29, 1.82) is 0 Å². The number of aliphatic hydroxyl groups is 1. The summed E-state index contributed by atoms with van der Waals surface area (Å²) in [4.78, 5) is 11.1. The van der Waals surface area contributed by atoms with Crippen LogP contribution in [0, 0.1) is 5.92 Å². The summed E-state index contributed by atoms with van der Waals surface area (Å²) in [7, 11) is 0. The van der Waals surface area contributed by atoms with Crippen LogP contribution in [0.25, 0.3) is 0 Å². The first kappa shape index (κ1) is 19.1. The van der Waals surface area contributed by atoms with Gasteiger partial charge in [0.2, 0.25) is 0 Å². The average molecular weight is 286 g/mol. The fourth-order valence-electron chi connectivity index (χ4n) is 1.75. The number of carbonyl (C=O) groups is 1. The molecule has 0 saturated carbocycles. The number of ether oxygens (including phenoxy) is 2. The van der Waals surface area contributed by atoms with E-state index in [1.54, 1.807) is 6.92 Å². The molecule has 0 fully saturated rings. The normalized spacial score (nSPS) is 13.8. The Kier molecular flexibility index (Phi) is 11.4. The first-order valence-electron chi connectivity index (χ1n) is 7.55. The molecule has 0 aromatic heterocycles. The molecule has 4 nitrogen and oxygen atoms in total. The summed E-state index contributed by atoms with van der Waals surface area (Å²) in [6.45, 7) is 10.2. The Hall–Kier alpha value is -0.870. The van der Waals surface area contributed by atoms with E-state index < -0.39 is 12.1 Å². The van der Waals surface area contributed by atoms with E-state index in [0.717, 1.165) is 6.42 Å². The van der Waals surface area contributed by atoms with Crippen molar-refractivity contribution in [3.63, 3.8) is 0 Å². The van der Waals surface area contributed by atoms with Crippen molar-refractivity contribution < 1.29 is 19.4 Å². The lowest BCUT2D eigenvalue weighted by atomic mass is 10.0. The van der Waals surface area contributed by atoms with Crippen LogP contribution in [0.2, 0.25) is 0 Å². The van der Waals surface area contributed by atoms with Gasteiger partial charge in [0.15, 0.2) is 0 Å². The van der Waals surface area contributed by atoms with Crippen molar-refractivity contribution in [3.8, 4) is 0 Å². The van der Waals surface area contributed by atoms with Gasteiger partial charge in [-0.15, -0.1) is 0 Å². The maximum atomic E-state index is 11.1. The summed E-state index contributed by atoms with van der Waals surface area (Å²) in [5.41, 5.74) is 0.332. The third-order valence-electron chi connectivity index (χ3n) is 3.02. The maximum Gasteiger partial charge on any atom is 0.333 e. The lowest BCUT2D eigenvalue weighted by molar-refractivity contribution is -0.143. The zero-order valence-corrected chi connectivity index (χ0v) is 13.2. The smallest absolute Gasteiger partial charge is 0.333 e. The van der Waals surface area contributed by atoms with Gasteiger partial charge in [0.05, 0.1) is 6.61 Å². The van der Waals surface area contributed by atoms with Crippen molar-refractivity contribution >= 4 is 5.97 Å². The summed E-state index contributed by atoms with van der Waals surface area (Å²) in [6.07, 6.45) is 5.43. The molecule has 0 aromatic rings. The Labute approximate surface area is 123 Å². The molecule has 0 aliphatic rings. The van der Waals surface area contributed by atoms with Gasteiger partial charge in [-0.05, 0) is 19.3 Å². The molecule has 0 rings (SSSR count). The summed E-state index contributed by atoms with van der Waals surface area (Å²) in [5, 5.41) is 9.61. The monoisotopic (exact) mass is 286 g/mol. The van der Waals surface area contributed by atoms with Gasteiger partial charge in [-0.1, -0.05) is 46.1 Å². The number of esters is 1. The zero-order valence-electron chi connectivity index (χ0n) is 13.2. The second-order valence-corrected chi connectivity index (χ2v) is 5.52. The largest absolute Gasteiger partial charge is 0.460 e. The minimum absolute atomic E-state index is 0.0451. The molecule has 1 N–H and O–H groups in total. The van der Waals surface area contributed by atoms with Gasteiger partial charge in [-0.2, -0.15) is 0 Å². The Bertz CT molecular complexity index is 276. The maximum absolute atomic E-state index is 11.1. The zero-order chi connectivity index (χ0) is 15.4. The average Bonchev–Trinajstić information content (AvgIpc) is 2.40. The van der Waals surface area contributed by atoms with Crippen LogP contribution in [-0.4, -0.2) is 37.0 Å². The second-order valence-electron chi connectivity index (χ2n) is 5.52. The molecule has 0 saturated heterocycles. The van der Waals surface area contributed by atoms with Crippen LogP contribution in [0.15, 0.2) is 12.2 Å². The van der Waals surface area contributed by atoms with Gasteiger partial charge in [-0.3, -0.25) is 0 Å². The first-order chi connectivity index (χ1) is 9.47. The number of rotatable bonds is 12. The third kappa shape index (κ3) is 11.0. The Morgan fingerprint density at radius 2 is 1.90 bits per heavy atom. The summed E-state index contributed by atoms with van der Waals surface area (Å²) in [5.74, 6) is 0.0189. The van der Waals surface area contributed by atoms with Gasteiger partial charge in [0, 0.05) is 12.2 Å². The fourth-order valence-corrected chi connectivity index (χ4v) is 1.75. The second kappa shape index (κ2) is 11.9. The van der Waals surface area contributed by atoms with Crippen molar-refractivity contribution in [3.05, 3.63) is 12.2 Å². The lowest BCUT2D eigenvalue weighted by Gasteiger charge is -2.15. The van der Waals surface area contributed by atoms with E-state index in [9.17, 15) is 9.90 Å². The molecule has 0 heterocycles. The molecule has 2 atom stereocenters. The molecular formula is C16H30O4. The molecule has 4 heteroatoms. The molecule has 0 radical (unpaired) electrons. The number of hydrogen-bond acceptors (Lipinski definition) is 4. The van der Waals surface area contributed by atoms with Crippen molar-refractivity contribution in [1.82, 2.24) is 0 Å². The highest BCUT2D eigenvalue weighted by molar-refractivity contribution is 5.86. The Balaban J connectivity index is 3.52. The summed E-state index contributed by atoms with van der Waals surface area (Å²) >= 11 is 0. The molecule has 118 valence electrons. The topological polar surface area (TPSA) is 55.8 Å². The highest BCUT2D eigenvalue weighted by Gasteiger charge is 2.10. The molecule has 0 aliphatic carbocycles. The van der Waals surface area contributed by atoms with Crippen LogP contribution in [-0.2, 0) is 14.3 Å². The minimum atomic E-state index is -0.773. The van der Waals surface area contributed by atoms with E-state index in [-0.39, 0.29) is 13.2 Å². The number of hydrogen-bond donors (Lipinski definition) is 1. The molecule has 0 amide bonds. The molecule has 2 unspecified atom stereocenters. The number of carbonyl (C=O) groups excluding carboxylic acids is 1. The van der Waals surface area contributed by atoms with Crippen molar-refractivity contribution in [2.24, 2.45) is 5.92 Å². The van der Waals surface area contributed by atoms with E-state index in [2.05, 4.69) is 20.4 Å². The van der Waals surface area contributed by atoms with Gasteiger partial charge in [-0.25, -0.2) is 4.79 Å². The summed E-state index contributed by atoms with van der Waals surface area (Å²) < 4.78 is 10.3. The highest BCUT2D eigenvalue weighted by atomic mass is 16.5. The van der Waals surface area contributed by atoms with E-state index in [4.69, 9.17) is 9.47 Å². The predicted octanol–water partition coefficient (Wildman–Crippen LogP) is 3.09. The summed E-state index contributed by atoms with van der Waals surface area (Å²) in [6, 6.07) is 0. The van der Waals surface area contributed by atoms with Crippen molar-refractivity contribution in [2.45, 2.75) is 59.0 Å². The third-order valence-corrected chi connectivity index (χ3v) is 3.02. The van der Waals surface area contributed by atoms with Gasteiger partial charge < -0.3 is 14.6 Å². The van der Waals surface area contributed by atoms with E-state index in [1.165, 1.54) is 25.7 Å². The molecule has 20 heavy (non-hydrogen) atoms. The molecule has 0 bridgehead atoms. The van der Waals surface area contributed by atoms with Crippen LogP contribution in [0.1, 0.15) is 52.9 Å². The van der Waals surface area contributed by atoms with Gasteiger partial charge in [0.25, 0.3) is 0 Å². The predicted molar refractivity (Wildman–Crippen MR) is 80.5 cm³/mol. The highest BCUT2D eigenvalue weighted by Crippen LogP contribution is 2.10. The van der Waals surface area contributed by atoms with E-state index >= 15 is 0 Å². The van der Waals surface area contributed by atoms with Crippen molar-refractivity contribution in [2.75, 3.05) is 19.8 Å². The van der Waals surface area contributed by atoms with Gasteiger partial charge >= 0.3 is 5.97 Å². The number of unbranched alkanes of at least 4 members (excludes halogenated alkanes) is 3. The van der Waals surface area contributed by atoms with E-state index in [1.807, 2.05) is 0 Å². The minimum Gasteiger partial charge on any atom is -0.460 e. The van der Waals surface area contributed by atoms with Crippen LogP contribution in [0.5, 0.6) is 0 Å². The quantitative estimate of drug-likeness (QED) is 0.340. The fraction of sp³-hybridized carbons (Fsp3) is 0.812. The van der Waals surface area contributed by atoms with Crippen LogP contribution >= 0.6 is 0 Å². The molecular weight excluding hydrogens is 256 g/mol. The van der Waals surface area contributed by atoms with Crippen LogP contribution in [0.4, 0.5) is 0 Å². The first-order valence-corrected chi connectivity index (χ1v) is 7.55. The Morgan fingerprint density at radius 1 is 1.20 bits per heavy atom. The molecule has 0 spiro atoms. The lowest BCUT2D eigenvalue weighted by Crippen LogP contribution is -2.25. The standard InChI is InChI=1S/C16H30O4/c1-5-6-7-8-9-14(4)10-19-11-15(17)12-20-16(18)13(2)3/h14-15,17H,2,5-12H2,1,3-4H3. The SMILES string of the molecule is C=C(C)C(=O)OCC(O)COCC(C)CCCCCC.